The second-order valence-electron chi connectivity index (χ2n) is 6.70. The lowest BCUT2D eigenvalue weighted by molar-refractivity contribution is -0.384. The van der Waals surface area contributed by atoms with Crippen molar-refractivity contribution in [3.63, 3.8) is 0 Å². The molecule has 0 N–H and O–H groups in total. The Labute approximate surface area is 176 Å². The van der Waals surface area contributed by atoms with Gasteiger partial charge in [0.15, 0.2) is 6.61 Å². The fourth-order valence-corrected chi connectivity index (χ4v) is 3.03. The number of esters is 1. The molecule has 1 aliphatic heterocycles. The number of hydrogen-bond acceptors (Lipinski definition) is 8. The summed E-state index contributed by atoms with van der Waals surface area (Å²) in [6.45, 7) is -0.756. The summed E-state index contributed by atoms with van der Waals surface area (Å²) in [6.07, 6.45) is -0.972. The van der Waals surface area contributed by atoms with Gasteiger partial charge in [0.1, 0.15) is 12.6 Å². The number of ether oxygens (including phenoxy) is 2. The molecular formula is C21H18N2O8. The minimum atomic E-state index is -1.20. The normalized spacial score (nSPS) is 15.4. The number of amides is 2. The predicted octanol–water partition coefficient (Wildman–Crippen LogP) is 2.65. The monoisotopic (exact) mass is 426 g/mol. The van der Waals surface area contributed by atoms with E-state index in [0.717, 1.165) is 6.07 Å². The van der Waals surface area contributed by atoms with E-state index in [1.165, 1.54) is 18.2 Å². The van der Waals surface area contributed by atoms with E-state index in [0.29, 0.717) is 10.5 Å². The first kappa shape index (κ1) is 21.6. The number of non-ortho nitro benzene ring substituents is 1. The van der Waals surface area contributed by atoms with Gasteiger partial charge >= 0.3 is 12.1 Å². The van der Waals surface area contributed by atoms with Gasteiger partial charge in [0.05, 0.1) is 4.92 Å². The van der Waals surface area contributed by atoms with E-state index in [9.17, 15) is 29.3 Å². The highest BCUT2D eigenvalue weighted by molar-refractivity contribution is 6.01. The van der Waals surface area contributed by atoms with Crippen molar-refractivity contribution in [1.29, 1.82) is 0 Å². The highest BCUT2D eigenvalue weighted by atomic mass is 16.6. The number of hydrogen-bond donors (Lipinski definition) is 0. The summed E-state index contributed by atoms with van der Waals surface area (Å²) in [6, 6.07) is 12.6. The summed E-state index contributed by atoms with van der Waals surface area (Å²) in [5.41, 5.74) is 0.443. The van der Waals surface area contributed by atoms with Crippen LogP contribution in [0.15, 0.2) is 54.6 Å². The van der Waals surface area contributed by atoms with E-state index in [1.807, 2.05) is 0 Å². The minimum Gasteiger partial charge on any atom is -0.456 e. The summed E-state index contributed by atoms with van der Waals surface area (Å²) in [7, 11) is 0. The molecule has 160 valence electrons. The minimum absolute atomic E-state index is 0.00336. The third kappa shape index (κ3) is 5.30. The van der Waals surface area contributed by atoms with Gasteiger partial charge in [-0.05, 0) is 12.0 Å². The number of nitrogens with zero attached hydrogens (tertiary/aromatic N) is 2. The molecule has 0 aromatic heterocycles. The van der Waals surface area contributed by atoms with Crippen LogP contribution in [0.5, 0.6) is 0 Å². The zero-order valence-electron chi connectivity index (χ0n) is 16.3. The lowest BCUT2D eigenvalue weighted by Crippen LogP contribution is -2.44. The zero-order valence-corrected chi connectivity index (χ0v) is 16.3. The maximum Gasteiger partial charge on any atom is 0.417 e. The molecule has 0 aliphatic carbocycles. The number of ketones is 1. The highest BCUT2D eigenvalue weighted by Crippen LogP contribution is 2.22. The van der Waals surface area contributed by atoms with Gasteiger partial charge in [-0.3, -0.25) is 19.7 Å². The Morgan fingerprint density at radius 3 is 2.52 bits per heavy atom. The number of carbonyl (C=O) groups is 4. The zero-order chi connectivity index (χ0) is 22.4. The molecule has 2 aromatic rings. The van der Waals surface area contributed by atoms with Gasteiger partial charge in [-0.2, -0.15) is 0 Å². The van der Waals surface area contributed by atoms with Crippen molar-refractivity contribution in [2.75, 3.05) is 6.61 Å². The van der Waals surface area contributed by atoms with Crippen molar-refractivity contribution in [2.24, 2.45) is 0 Å². The number of benzene rings is 2. The topological polar surface area (TPSA) is 133 Å². The number of likely N-dealkylation sites (tertiary alicyclic amines) is 1. The third-order valence-corrected chi connectivity index (χ3v) is 4.61. The molecule has 3 rings (SSSR count). The summed E-state index contributed by atoms with van der Waals surface area (Å²) in [5, 5.41) is 10.8. The maximum absolute atomic E-state index is 12.4. The molecular weight excluding hydrogens is 408 g/mol. The number of carbonyl (C=O) groups excluding carboxylic acids is 4. The van der Waals surface area contributed by atoms with Crippen molar-refractivity contribution >= 4 is 29.4 Å². The van der Waals surface area contributed by atoms with Crippen LogP contribution in [0.4, 0.5) is 10.5 Å². The van der Waals surface area contributed by atoms with Crippen LogP contribution in [0.1, 0.15) is 28.8 Å². The van der Waals surface area contributed by atoms with E-state index in [-0.39, 0.29) is 30.7 Å². The first-order valence-electron chi connectivity index (χ1n) is 9.34. The average Bonchev–Trinajstić information content (AvgIpc) is 3.18. The average molecular weight is 426 g/mol. The van der Waals surface area contributed by atoms with Gasteiger partial charge < -0.3 is 9.47 Å². The van der Waals surface area contributed by atoms with Gasteiger partial charge in [0.25, 0.3) is 5.69 Å². The van der Waals surface area contributed by atoms with Crippen LogP contribution < -0.4 is 0 Å². The van der Waals surface area contributed by atoms with Crippen LogP contribution >= 0.6 is 0 Å². The largest absolute Gasteiger partial charge is 0.456 e. The summed E-state index contributed by atoms with van der Waals surface area (Å²) < 4.78 is 10.1. The Kier molecular flexibility index (Phi) is 6.71. The predicted molar refractivity (Wildman–Crippen MR) is 105 cm³/mol. The first-order chi connectivity index (χ1) is 14.9. The van der Waals surface area contributed by atoms with Crippen molar-refractivity contribution in [3.05, 3.63) is 75.8 Å². The molecule has 1 saturated heterocycles. The smallest absolute Gasteiger partial charge is 0.417 e. The molecule has 1 fully saturated rings. The van der Waals surface area contributed by atoms with Crippen molar-refractivity contribution in [3.8, 4) is 0 Å². The van der Waals surface area contributed by atoms with Crippen molar-refractivity contribution in [1.82, 2.24) is 4.90 Å². The number of rotatable bonds is 7. The summed E-state index contributed by atoms with van der Waals surface area (Å²) >= 11 is 0. The fraction of sp³-hybridized carbons (Fsp3) is 0.238. The van der Waals surface area contributed by atoms with Crippen LogP contribution in [0.3, 0.4) is 0 Å². The van der Waals surface area contributed by atoms with Crippen LogP contribution in [-0.2, 0) is 25.7 Å². The van der Waals surface area contributed by atoms with Crippen LogP contribution in [0, 0.1) is 10.1 Å². The van der Waals surface area contributed by atoms with Gasteiger partial charge in [0.2, 0.25) is 11.7 Å². The number of nitro benzene ring substituents is 1. The van der Waals surface area contributed by atoms with Gasteiger partial charge in [-0.1, -0.05) is 42.5 Å². The number of imide groups is 1. The lowest BCUT2D eigenvalue weighted by atomic mass is 10.1. The molecule has 0 bridgehead atoms. The molecule has 0 radical (unpaired) electrons. The lowest BCUT2D eigenvalue weighted by Gasteiger charge is -2.21. The fourth-order valence-electron chi connectivity index (χ4n) is 3.03. The van der Waals surface area contributed by atoms with Crippen molar-refractivity contribution < 1.29 is 33.6 Å². The maximum atomic E-state index is 12.4. The molecule has 0 unspecified atom stereocenters. The van der Waals surface area contributed by atoms with Gasteiger partial charge in [-0.25, -0.2) is 14.5 Å². The molecule has 1 heterocycles. The van der Waals surface area contributed by atoms with Crippen molar-refractivity contribution in [2.45, 2.75) is 25.5 Å². The third-order valence-electron chi connectivity index (χ3n) is 4.61. The molecule has 31 heavy (non-hydrogen) atoms. The Hall–Kier alpha value is -4.08. The van der Waals surface area contributed by atoms with Crippen LogP contribution in [-0.4, -0.2) is 46.2 Å². The second-order valence-corrected chi connectivity index (χ2v) is 6.70. The molecule has 0 saturated carbocycles. The number of Topliss-reactive ketones (excluding diaryl/α,β-unsaturated/α-hetero) is 1. The molecule has 2 amide bonds. The van der Waals surface area contributed by atoms with Gasteiger partial charge in [-0.15, -0.1) is 0 Å². The first-order valence-corrected chi connectivity index (χ1v) is 9.34. The molecule has 1 aliphatic rings. The summed E-state index contributed by atoms with van der Waals surface area (Å²) in [4.78, 5) is 59.9. The SMILES string of the molecule is O=C(COC(=O)[C@@H]1CCC(=O)N1C(=O)OCc1ccccc1)c1cccc([N+](=O)[O-])c1. The molecule has 1 atom stereocenters. The standard InChI is InChI=1S/C21H18N2O8/c24-18(15-7-4-8-16(11-15)23(28)29)13-30-20(26)17-9-10-19(25)22(17)21(27)31-12-14-5-2-1-3-6-14/h1-8,11,17H,9-10,12-13H2/t17-/m0/s1. The molecule has 10 nitrogen and oxygen atoms in total. The van der Waals surface area contributed by atoms with Gasteiger partial charge in [0, 0.05) is 24.1 Å². The Balaban J connectivity index is 1.59. The van der Waals surface area contributed by atoms with E-state index in [4.69, 9.17) is 9.47 Å². The van der Waals surface area contributed by atoms with Crippen LogP contribution in [0.25, 0.3) is 0 Å². The Bertz CT molecular complexity index is 1020. The van der Waals surface area contributed by atoms with Crippen LogP contribution in [0.2, 0.25) is 0 Å². The van der Waals surface area contributed by atoms with E-state index in [1.54, 1.807) is 30.3 Å². The summed E-state index contributed by atoms with van der Waals surface area (Å²) in [5.74, 6) is -2.16. The Morgan fingerprint density at radius 1 is 1.06 bits per heavy atom. The molecule has 2 aromatic carbocycles. The van der Waals surface area contributed by atoms with E-state index < -0.39 is 41.3 Å². The van der Waals surface area contributed by atoms with E-state index >= 15 is 0 Å². The Morgan fingerprint density at radius 2 is 1.81 bits per heavy atom. The second kappa shape index (κ2) is 9.61. The quantitative estimate of drug-likeness (QED) is 0.286. The number of nitro groups is 1. The highest BCUT2D eigenvalue weighted by Gasteiger charge is 2.42. The molecule has 10 heteroatoms. The van der Waals surface area contributed by atoms with E-state index in [2.05, 4.69) is 0 Å². The molecule has 0 spiro atoms.